The van der Waals surface area contributed by atoms with E-state index < -0.39 is 6.10 Å². The fourth-order valence-corrected chi connectivity index (χ4v) is 2.94. The van der Waals surface area contributed by atoms with Crippen molar-refractivity contribution in [1.29, 1.82) is 0 Å². The van der Waals surface area contributed by atoms with Crippen molar-refractivity contribution in [2.75, 3.05) is 13.1 Å². The van der Waals surface area contributed by atoms with Gasteiger partial charge in [0.1, 0.15) is 5.75 Å². The summed E-state index contributed by atoms with van der Waals surface area (Å²) in [5.41, 5.74) is 0.154. The second-order valence-electron chi connectivity index (χ2n) is 4.87. The van der Waals surface area contributed by atoms with E-state index in [4.69, 9.17) is 11.6 Å². The number of phenolic OH excluding ortho intramolecular Hbond substituents is 1. The van der Waals surface area contributed by atoms with Gasteiger partial charge in [-0.05, 0) is 24.5 Å². The lowest BCUT2D eigenvalue weighted by atomic mass is 9.95. The molecule has 0 radical (unpaired) electrons. The number of rotatable bonds is 1. The number of β-amino-alcohol motifs (C(OH)–C–C–N with tert-alkyl or cyclic N) is 1. The lowest BCUT2D eigenvalue weighted by Gasteiger charge is -2.34. The molecule has 1 aliphatic heterocycles. The summed E-state index contributed by atoms with van der Waals surface area (Å²) in [6.45, 7) is 2.81. The molecule has 2 N–H and O–H groups in total. The maximum Gasteiger partial charge on any atom is 0.257 e. The van der Waals surface area contributed by atoms with Crippen LogP contribution in [-0.4, -0.2) is 40.2 Å². The van der Waals surface area contributed by atoms with E-state index in [0.717, 1.165) is 6.42 Å². The van der Waals surface area contributed by atoms with E-state index >= 15 is 0 Å². The van der Waals surface area contributed by atoms with Gasteiger partial charge in [0.05, 0.1) is 16.7 Å². The summed E-state index contributed by atoms with van der Waals surface area (Å²) in [5.74, 6) is -0.349. The molecular weight excluding hydrogens is 334 g/mol. The highest BCUT2D eigenvalue weighted by molar-refractivity contribution is 9.10. The Morgan fingerprint density at radius 2 is 2.21 bits per heavy atom. The van der Waals surface area contributed by atoms with Gasteiger partial charge in [-0.1, -0.05) is 34.5 Å². The summed E-state index contributed by atoms with van der Waals surface area (Å²) in [5, 5.41) is 19.8. The fraction of sp³-hybridized carbons (Fsp3) is 0.462. The minimum atomic E-state index is -0.525. The molecule has 2 unspecified atom stereocenters. The van der Waals surface area contributed by atoms with Crippen LogP contribution < -0.4 is 0 Å². The number of phenols is 1. The maximum atomic E-state index is 12.4. The van der Waals surface area contributed by atoms with Crippen molar-refractivity contribution < 1.29 is 15.0 Å². The monoisotopic (exact) mass is 347 g/mol. The van der Waals surface area contributed by atoms with E-state index in [1.165, 1.54) is 12.1 Å². The highest BCUT2D eigenvalue weighted by Crippen LogP contribution is 2.32. The van der Waals surface area contributed by atoms with Crippen LogP contribution in [0.25, 0.3) is 0 Å². The number of nitrogens with zero attached hydrogens (tertiary/aromatic N) is 1. The van der Waals surface area contributed by atoms with E-state index in [9.17, 15) is 15.0 Å². The number of likely N-dealkylation sites (tertiary alicyclic amines) is 1. The SMILES string of the molecule is CC1CCN(C(=O)c2cc(Br)cc(Cl)c2O)CC1O. The van der Waals surface area contributed by atoms with E-state index in [0.29, 0.717) is 11.0 Å². The quantitative estimate of drug-likeness (QED) is 0.820. The zero-order valence-corrected chi connectivity index (χ0v) is 12.8. The number of aliphatic hydroxyl groups is 1. The van der Waals surface area contributed by atoms with Gasteiger partial charge >= 0.3 is 0 Å². The van der Waals surface area contributed by atoms with Gasteiger partial charge in [-0.3, -0.25) is 4.79 Å². The van der Waals surface area contributed by atoms with Crippen molar-refractivity contribution in [1.82, 2.24) is 4.90 Å². The van der Waals surface area contributed by atoms with Crippen molar-refractivity contribution in [3.05, 3.63) is 27.2 Å². The first kappa shape index (κ1) is 14.6. The molecule has 1 aromatic carbocycles. The minimum absolute atomic E-state index is 0.128. The first-order chi connectivity index (χ1) is 8.90. The van der Waals surface area contributed by atoms with Crippen LogP contribution in [-0.2, 0) is 0 Å². The molecule has 2 atom stereocenters. The van der Waals surface area contributed by atoms with Crippen LogP contribution in [0.4, 0.5) is 0 Å². The number of benzene rings is 1. The van der Waals surface area contributed by atoms with Crippen molar-refractivity contribution in [3.63, 3.8) is 0 Å². The third kappa shape index (κ3) is 3.04. The summed E-state index contributed by atoms with van der Waals surface area (Å²) in [6.07, 6.45) is 0.220. The van der Waals surface area contributed by atoms with E-state index in [-0.39, 0.29) is 34.7 Å². The Labute approximate surface area is 125 Å². The molecule has 0 aromatic heterocycles. The Morgan fingerprint density at radius 1 is 1.53 bits per heavy atom. The normalized spacial score (nSPS) is 23.5. The highest BCUT2D eigenvalue weighted by atomic mass is 79.9. The molecule has 4 nitrogen and oxygen atoms in total. The molecule has 1 amide bonds. The lowest BCUT2D eigenvalue weighted by molar-refractivity contribution is 0.0247. The van der Waals surface area contributed by atoms with Crippen LogP contribution in [0.5, 0.6) is 5.75 Å². The van der Waals surface area contributed by atoms with E-state index in [1.54, 1.807) is 4.90 Å². The second kappa shape index (κ2) is 5.69. The van der Waals surface area contributed by atoms with Crippen molar-refractivity contribution >= 4 is 33.4 Å². The number of halogens is 2. The van der Waals surface area contributed by atoms with Crippen LogP contribution in [0.3, 0.4) is 0 Å². The topological polar surface area (TPSA) is 60.8 Å². The van der Waals surface area contributed by atoms with E-state index in [1.807, 2.05) is 6.92 Å². The summed E-state index contributed by atoms with van der Waals surface area (Å²) < 4.78 is 0.629. The van der Waals surface area contributed by atoms with Crippen molar-refractivity contribution in [3.8, 4) is 5.75 Å². The lowest BCUT2D eigenvalue weighted by Crippen LogP contribution is -2.45. The number of hydrogen-bond acceptors (Lipinski definition) is 3. The number of hydrogen-bond donors (Lipinski definition) is 2. The number of amides is 1. The molecule has 0 aliphatic carbocycles. The standard InChI is InChI=1S/C13H15BrClNO3/c1-7-2-3-16(6-11(7)17)13(19)9-4-8(14)5-10(15)12(9)18/h4-5,7,11,17-18H,2-3,6H2,1H3. The number of aromatic hydroxyl groups is 1. The Kier molecular flexibility index (Phi) is 4.38. The average molecular weight is 349 g/mol. The first-order valence-corrected chi connectivity index (χ1v) is 7.22. The molecule has 2 rings (SSSR count). The summed E-state index contributed by atoms with van der Waals surface area (Å²) >= 11 is 9.10. The third-order valence-corrected chi connectivity index (χ3v) is 4.21. The Balaban J connectivity index is 2.25. The van der Waals surface area contributed by atoms with Crippen molar-refractivity contribution in [2.24, 2.45) is 5.92 Å². The van der Waals surface area contributed by atoms with Gasteiger partial charge in [-0.2, -0.15) is 0 Å². The number of carbonyl (C=O) groups excluding carboxylic acids is 1. The van der Waals surface area contributed by atoms with Gasteiger partial charge in [0.15, 0.2) is 0 Å². The Bertz CT molecular complexity index is 509. The Hall–Kier alpha value is -0.780. The molecule has 1 saturated heterocycles. The van der Waals surface area contributed by atoms with Gasteiger partial charge in [-0.25, -0.2) is 0 Å². The molecule has 0 bridgehead atoms. The van der Waals surface area contributed by atoms with Crippen LogP contribution in [0.15, 0.2) is 16.6 Å². The molecule has 0 spiro atoms. The van der Waals surface area contributed by atoms with Gasteiger partial charge in [0.2, 0.25) is 0 Å². The molecule has 1 fully saturated rings. The predicted molar refractivity (Wildman–Crippen MR) is 76.5 cm³/mol. The van der Waals surface area contributed by atoms with Gasteiger partial charge in [0, 0.05) is 17.6 Å². The van der Waals surface area contributed by atoms with Crippen LogP contribution in [0, 0.1) is 5.92 Å². The second-order valence-corrected chi connectivity index (χ2v) is 6.19. The third-order valence-electron chi connectivity index (χ3n) is 3.46. The zero-order chi connectivity index (χ0) is 14.2. The minimum Gasteiger partial charge on any atom is -0.506 e. The molecule has 0 saturated carbocycles. The average Bonchev–Trinajstić information content (AvgIpc) is 2.36. The van der Waals surface area contributed by atoms with Crippen molar-refractivity contribution in [2.45, 2.75) is 19.4 Å². The van der Waals surface area contributed by atoms with Gasteiger partial charge in [0.25, 0.3) is 5.91 Å². The molecule has 1 heterocycles. The summed E-state index contributed by atoms with van der Waals surface area (Å²) in [6, 6.07) is 3.06. The number of piperidine rings is 1. The smallest absolute Gasteiger partial charge is 0.257 e. The largest absolute Gasteiger partial charge is 0.506 e. The first-order valence-electron chi connectivity index (χ1n) is 6.05. The van der Waals surface area contributed by atoms with E-state index in [2.05, 4.69) is 15.9 Å². The summed E-state index contributed by atoms with van der Waals surface area (Å²) in [7, 11) is 0. The molecule has 1 aromatic rings. The molecular formula is C13H15BrClNO3. The van der Waals surface area contributed by atoms with Crippen LogP contribution in [0.2, 0.25) is 5.02 Å². The molecule has 1 aliphatic rings. The summed E-state index contributed by atoms with van der Waals surface area (Å²) in [4.78, 5) is 13.9. The number of carbonyl (C=O) groups is 1. The molecule has 6 heteroatoms. The zero-order valence-electron chi connectivity index (χ0n) is 10.4. The number of aliphatic hydroxyl groups excluding tert-OH is 1. The highest BCUT2D eigenvalue weighted by Gasteiger charge is 2.29. The van der Waals surface area contributed by atoms with Gasteiger partial charge < -0.3 is 15.1 Å². The van der Waals surface area contributed by atoms with Crippen LogP contribution >= 0.6 is 27.5 Å². The molecule has 19 heavy (non-hydrogen) atoms. The fourth-order valence-electron chi connectivity index (χ4n) is 2.13. The predicted octanol–water partition coefficient (Wildman–Crippen LogP) is 2.65. The maximum absolute atomic E-state index is 12.4. The van der Waals surface area contributed by atoms with Gasteiger partial charge in [-0.15, -0.1) is 0 Å². The Morgan fingerprint density at radius 3 is 2.84 bits per heavy atom. The van der Waals surface area contributed by atoms with Crippen LogP contribution in [0.1, 0.15) is 23.7 Å². The molecule has 104 valence electrons.